The highest BCUT2D eigenvalue weighted by Gasteiger charge is 2.30. The van der Waals surface area contributed by atoms with Crippen LogP contribution in [0.5, 0.6) is 0 Å². The predicted octanol–water partition coefficient (Wildman–Crippen LogP) is 2.40. The van der Waals surface area contributed by atoms with Crippen LogP contribution >= 0.6 is 0 Å². The second-order valence-corrected chi connectivity index (χ2v) is 3.65. The van der Waals surface area contributed by atoms with Gasteiger partial charge in [-0.2, -0.15) is 13.2 Å². The van der Waals surface area contributed by atoms with Gasteiger partial charge in [-0.15, -0.1) is 0 Å². The maximum Gasteiger partial charge on any atom is 0.416 e. The van der Waals surface area contributed by atoms with Crippen molar-refractivity contribution in [2.24, 2.45) is 7.05 Å². The third-order valence-electron chi connectivity index (χ3n) is 2.39. The van der Waals surface area contributed by atoms with Gasteiger partial charge in [-0.25, -0.2) is 0 Å². The van der Waals surface area contributed by atoms with Crippen LogP contribution in [0, 0.1) is 0 Å². The molecule has 0 aliphatic rings. The van der Waals surface area contributed by atoms with Gasteiger partial charge in [0.1, 0.15) is 0 Å². The quantitative estimate of drug-likeness (QED) is 0.819. The molecule has 0 bridgehead atoms. The largest absolute Gasteiger partial charge is 0.416 e. The van der Waals surface area contributed by atoms with E-state index < -0.39 is 11.7 Å². The van der Waals surface area contributed by atoms with Crippen LogP contribution in [0.25, 0.3) is 11.3 Å². The molecule has 3 nitrogen and oxygen atoms in total. The minimum atomic E-state index is -4.38. The Kier molecular flexibility index (Phi) is 2.57. The Labute approximate surface area is 94.5 Å². The molecular weight excluding hydrogens is 233 g/mol. The molecule has 0 spiro atoms. The number of aryl methyl sites for hydroxylation is 1. The highest BCUT2D eigenvalue weighted by atomic mass is 19.4. The van der Waals surface area contributed by atoms with Crippen LogP contribution < -0.4 is 5.56 Å². The molecule has 2 rings (SSSR count). The van der Waals surface area contributed by atoms with Crippen molar-refractivity contribution in [3.05, 3.63) is 46.2 Å². The van der Waals surface area contributed by atoms with Crippen molar-refractivity contribution >= 4 is 0 Å². The van der Waals surface area contributed by atoms with E-state index >= 15 is 0 Å². The number of aromatic amines is 1. The lowest BCUT2D eigenvalue weighted by molar-refractivity contribution is -0.137. The Hall–Kier alpha value is -1.98. The molecule has 0 atom stereocenters. The van der Waals surface area contributed by atoms with Gasteiger partial charge in [0.15, 0.2) is 0 Å². The van der Waals surface area contributed by atoms with E-state index in [1.807, 2.05) is 0 Å². The van der Waals surface area contributed by atoms with Crippen LogP contribution in [-0.4, -0.2) is 9.78 Å². The van der Waals surface area contributed by atoms with E-state index in [0.29, 0.717) is 11.3 Å². The van der Waals surface area contributed by atoms with E-state index in [1.165, 1.54) is 29.9 Å². The highest BCUT2D eigenvalue weighted by Crippen LogP contribution is 2.31. The van der Waals surface area contributed by atoms with Crippen LogP contribution in [0.15, 0.2) is 35.1 Å². The number of nitrogens with zero attached hydrogens (tertiary/aromatic N) is 1. The van der Waals surface area contributed by atoms with Gasteiger partial charge in [-0.1, -0.05) is 12.1 Å². The maximum absolute atomic E-state index is 12.5. The Morgan fingerprint density at radius 3 is 2.47 bits per heavy atom. The third-order valence-corrected chi connectivity index (χ3v) is 2.39. The monoisotopic (exact) mass is 242 g/mol. The van der Waals surface area contributed by atoms with Crippen molar-refractivity contribution in [3.63, 3.8) is 0 Å². The molecular formula is C11H9F3N2O. The standard InChI is InChI=1S/C11H9F3N2O/c1-16-10(17)6-9(15-16)7-3-2-4-8(5-7)11(12,13)14/h2-6,15H,1H3. The average molecular weight is 242 g/mol. The number of H-pyrrole nitrogens is 1. The van der Waals surface area contributed by atoms with Crippen molar-refractivity contribution in [3.8, 4) is 11.3 Å². The molecule has 0 amide bonds. The molecule has 0 saturated heterocycles. The average Bonchev–Trinajstić information content (AvgIpc) is 2.58. The Morgan fingerprint density at radius 1 is 1.24 bits per heavy atom. The lowest BCUT2D eigenvalue weighted by atomic mass is 10.1. The lowest BCUT2D eigenvalue weighted by Gasteiger charge is -2.07. The number of alkyl halides is 3. The second kappa shape index (κ2) is 3.80. The molecule has 2 aromatic rings. The number of halogens is 3. The molecule has 1 N–H and O–H groups in total. The number of rotatable bonds is 1. The van der Waals surface area contributed by atoms with Crippen LogP contribution in [0.1, 0.15) is 5.56 Å². The molecule has 1 aromatic heterocycles. The van der Waals surface area contributed by atoms with E-state index in [0.717, 1.165) is 12.1 Å². The van der Waals surface area contributed by atoms with E-state index in [2.05, 4.69) is 5.10 Å². The number of benzene rings is 1. The van der Waals surface area contributed by atoms with Crippen LogP contribution in [-0.2, 0) is 13.2 Å². The zero-order chi connectivity index (χ0) is 12.6. The van der Waals surface area contributed by atoms with Gasteiger partial charge in [-0.05, 0) is 12.1 Å². The molecule has 0 aliphatic carbocycles. The molecule has 6 heteroatoms. The molecule has 0 fully saturated rings. The number of hydrogen-bond donors (Lipinski definition) is 1. The van der Waals surface area contributed by atoms with Gasteiger partial charge >= 0.3 is 6.18 Å². The van der Waals surface area contributed by atoms with Crippen molar-refractivity contribution in [2.75, 3.05) is 0 Å². The first kappa shape index (κ1) is 11.5. The molecule has 0 radical (unpaired) electrons. The van der Waals surface area contributed by atoms with Crippen molar-refractivity contribution in [1.29, 1.82) is 0 Å². The fourth-order valence-corrected chi connectivity index (χ4v) is 1.50. The van der Waals surface area contributed by atoms with Crippen LogP contribution in [0.4, 0.5) is 13.2 Å². The van der Waals surface area contributed by atoms with E-state index in [1.54, 1.807) is 0 Å². The van der Waals surface area contributed by atoms with Crippen molar-refractivity contribution in [2.45, 2.75) is 6.18 Å². The van der Waals surface area contributed by atoms with Crippen LogP contribution in [0.3, 0.4) is 0 Å². The van der Waals surface area contributed by atoms with Gasteiger partial charge in [0.25, 0.3) is 5.56 Å². The molecule has 17 heavy (non-hydrogen) atoms. The normalized spacial score (nSPS) is 11.8. The minimum absolute atomic E-state index is 0.294. The number of aromatic nitrogens is 2. The zero-order valence-electron chi connectivity index (χ0n) is 8.88. The molecule has 1 aromatic carbocycles. The smallest absolute Gasteiger partial charge is 0.295 e. The number of nitrogens with one attached hydrogen (secondary N) is 1. The fraction of sp³-hybridized carbons (Fsp3) is 0.182. The minimum Gasteiger partial charge on any atom is -0.295 e. The topological polar surface area (TPSA) is 37.8 Å². The van der Waals surface area contributed by atoms with Gasteiger partial charge < -0.3 is 0 Å². The van der Waals surface area contributed by atoms with Crippen molar-refractivity contribution < 1.29 is 13.2 Å². The summed E-state index contributed by atoms with van der Waals surface area (Å²) in [4.78, 5) is 11.2. The predicted molar refractivity (Wildman–Crippen MR) is 56.5 cm³/mol. The molecule has 0 aliphatic heterocycles. The first-order valence-corrected chi connectivity index (χ1v) is 4.81. The second-order valence-electron chi connectivity index (χ2n) is 3.65. The molecule has 0 unspecified atom stereocenters. The first-order chi connectivity index (χ1) is 7.88. The zero-order valence-corrected chi connectivity index (χ0v) is 8.88. The Morgan fingerprint density at radius 2 is 1.94 bits per heavy atom. The maximum atomic E-state index is 12.5. The van der Waals surface area contributed by atoms with Crippen molar-refractivity contribution in [1.82, 2.24) is 9.78 Å². The lowest BCUT2D eigenvalue weighted by Crippen LogP contribution is -2.09. The fourth-order valence-electron chi connectivity index (χ4n) is 1.50. The van der Waals surface area contributed by atoms with Gasteiger partial charge in [0.2, 0.25) is 0 Å². The van der Waals surface area contributed by atoms with Gasteiger partial charge in [-0.3, -0.25) is 14.6 Å². The summed E-state index contributed by atoms with van der Waals surface area (Å²) in [6.07, 6.45) is -4.38. The van der Waals surface area contributed by atoms with Gasteiger partial charge in [0, 0.05) is 18.7 Å². The van der Waals surface area contributed by atoms with E-state index in [-0.39, 0.29) is 5.56 Å². The molecule has 90 valence electrons. The van der Waals surface area contributed by atoms with E-state index in [4.69, 9.17) is 0 Å². The summed E-state index contributed by atoms with van der Waals surface area (Å²) in [5, 5.41) is 2.68. The molecule has 1 heterocycles. The summed E-state index contributed by atoms with van der Waals surface area (Å²) in [6, 6.07) is 6.08. The Balaban J connectivity index is 2.50. The van der Waals surface area contributed by atoms with E-state index in [9.17, 15) is 18.0 Å². The molecule has 0 saturated carbocycles. The summed E-state index contributed by atoms with van der Waals surface area (Å²) >= 11 is 0. The van der Waals surface area contributed by atoms with Crippen LogP contribution in [0.2, 0.25) is 0 Å². The first-order valence-electron chi connectivity index (χ1n) is 4.81. The summed E-state index contributed by atoms with van der Waals surface area (Å²) < 4.78 is 38.7. The van der Waals surface area contributed by atoms with Gasteiger partial charge in [0.05, 0.1) is 11.3 Å². The summed E-state index contributed by atoms with van der Waals surface area (Å²) in [5.74, 6) is 0. The highest BCUT2D eigenvalue weighted by molar-refractivity contribution is 5.59. The Bertz CT molecular complexity index is 595. The summed E-state index contributed by atoms with van der Waals surface area (Å²) in [5.41, 5.74) is -0.335. The third kappa shape index (κ3) is 2.25. The summed E-state index contributed by atoms with van der Waals surface area (Å²) in [6.45, 7) is 0. The summed E-state index contributed by atoms with van der Waals surface area (Å²) in [7, 11) is 1.50. The SMILES string of the molecule is Cn1[nH]c(-c2cccc(C(F)(F)F)c2)cc1=O. The number of hydrogen-bond acceptors (Lipinski definition) is 1.